The van der Waals surface area contributed by atoms with E-state index in [-0.39, 0.29) is 0 Å². The van der Waals surface area contributed by atoms with Gasteiger partial charge in [-0.15, -0.1) is 11.6 Å². The molecule has 16 heavy (non-hydrogen) atoms. The van der Waals surface area contributed by atoms with Crippen molar-refractivity contribution < 1.29 is 4.74 Å². The molecule has 1 heterocycles. The van der Waals surface area contributed by atoms with Gasteiger partial charge in [-0.1, -0.05) is 20.3 Å². The van der Waals surface area contributed by atoms with Crippen LogP contribution in [0, 0.1) is 12.8 Å². The highest BCUT2D eigenvalue weighted by atomic mass is 35.5. The molecule has 0 fully saturated rings. The zero-order valence-electron chi connectivity index (χ0n) is 10.2. The highest BCUT2D eigenvalue weighted by Gasteiger charge is 2.06. The molecule has 0 bridgehead atoms. The van der Waals surface area contributed by atoms with Gasteiger partial charge in [0.05, 0.1) is 12.5 Å². The molecule has 0 amide bonds. The third-order valence-corrected chi connectivity index (χ3v) is 2.77. The van der Waals surface area contributed by atoms with E-state index in [2.05, 4.69) is 23.8 Å². The molecule has 1 unspecified atom stereocenters. The molecule has 0 aliphatic heterocycles. The molecule has 0 spiro atoms. The maximum absolute atomic E-state index is 5.73. The van der Waals surface area contributed by atoms with Crippen LogP contribution < -0.4 is 4.74 Å². The van der Waals surface area contributed by atoms with Crippen molar-refractivity contribution >= 4 is 11.6 Å². The van der Waals surface area contributed by atoms with Crippen LogP contribution in [0.2, 0.25) is 0 Å². The number of alkyl halides is 1. The zero-order chi connectivity index (χ0) is 12.0. The number of aryl methyl sites for hydroxylation is 1. The molecule has 1 aromatic heterocycles. The molecule has 1 atom stereocenters. The lowest BCUT2D eigenvalue weighted by Crippen LogP contribution is -2.10. The summed E-state index contributed by atoms with van der Waals surface area (Å²) < 4.78 is 5.54. The molecule has 90 valence electrons. The van der Waals surface area contributed by atoms with Crippen LogP contribution in [0.1, 0.15) is 37.9 Å². The minimum atomic E-state index is 0.443. The van der Waals surface area contributed by atoms with Crippen molar-refractivity contribution in [1.29, 1.82) is 0 Å². The Labute approximate surface area is 102 Å². The number of ether oxygens (including phenoxy) is 1. The Morgan fingerprint density at radius 3 is 2.81 bits per heavy atom. The van der Waals surface area contributed by atoms with Gasteiger partial charge < -0.3 is 4.74 Å². The van der Waals surface area contributed by atoms with Gasteiger partial charge in [0.25, 0.3) is 0 Å². The second-order valence-corrected chi connectivity index (χ2v) is 4.37. The van der Waals surface area contributed by atoms with Gasteiger partial charge in [-0.2, -0.15) is 0 Å². The normalized spacial score (nSPS) is 12.5. The summed E-state index contributed by atoms with van der Waals surface area (Å²) in [7, 11) is 0. The Morgan fingerprint density at radius 1 is 1.50 bits per heavy atom. The third-order valence-electron chi connectivity index (χ3n) is 2.48. The van der Waals surface area contributed by atoms with Crippen molar-refractivity contribution in [2.45, 2.75) is 39.5 Å². The lowest BCUT2D eigenvalue weighted by atomic mass is 10.1. The molecule has 0 aliphatic carbocycles. The second kappa shape index (κ2) is 6.69. The van der Waals surface area contributed by atoms with E-state index in [1.807, 2.05) is 6.92 Å². The molecule has 0 radical (unpaired) electrons. The number of halogens is 1. The van der Waals surface area contributed by atoms with Crippen molar-refractivity contribution in [1.82, 2.24) is 9.97 Å². The van der Waals surface area contributed by atoms with Gasteiger partial charge in [0.15, 0.2) is 0 Å². The first-order valence-electron chi connectivity index (χ1n) is 5.68. The summed E-state index contributed by atoms with van der Waals surface area (Å²) >= 11 is 5.73. The average molecular weight is 243 g/mol. The largest absolute Gasteiger partial charge is 0.463 e. The lowest BCUT2D eigenvalue weighted by molar-refractivity contribution is 0.233. The molecule has 4 heteroatoms. The fourth-order valence-corrected chi connectivity index (χ4v) is 1.73. The first-order chi connectivity index (χ1) is 7.67. The fourth-order valence-electron chi connectivity index (χ4n) is 1.46. The summed E-state index contributed by atoms with van der Waals surface area (Å²) in [6, 6.07) is 0.453. The monoisotopic (exact) mass is 242 g/mol. The van der Waals surface area contributed by atoms with Crippen molar-refractivity contribution in [3.63, 3.8) is 0 Å². The number of aromatic nitrogens is 2. The van der Waals surface area contributed by atoms with E-state index in [9.17, 15) is 0 Å². The summed E-state index contributed by atoms with van der Waals surface area (Å²) in [6.07, 6.45) is 4.07. The van der Waals surface area contributed by atoms with Gasteiger partial charge in [-0.05, 0) is 19.3 Å². The number of hydrogen-bond acceptors (Lipinski definition) is 3. The van der Waals surface area contributed by atoms with Gasteiger partial charge >= 0.3 is 6.01 Å². The summed E-state index contributed by atoms with van der Waals surface area (Å²) in [5.41, 5.74) is 1.85. The summed E-state index contributed by atoms with van der Waals surface area (Å²) in [6.45, 7) is 6.94. The SMILES string of the molecule is CCCC(C)COc1ncc(CCl)c(C)n1. The molecule has 0 saturated carbocycles. The van der Waals surface area contributed by atoms with Crippen molar-refractivity contribution in [2.75, 3.05) is 6.61 Å². The Hall–Kier alpha value is -0.830. The van der Waals surface area contributed by atoms with Gasteiger partial charge in [0.1, 0.15) is 0 Å². The van der Waals surface area contributed by atoms with E-state index in [4.69, 9.17) is 16.3 Å². The predicted octanol–water partition coefficient (Wildman–Crippen LogP) is 3.34. The van der Waals surface area contributed by atoms with Crippen molar-refractivity contribution in [3.05, 3.63) is 17.5 Å². The maximum Gasteiger partial charge on any atom is 0.316 e. The van der Waals surface area contributed by atoms with Crippen molar-refractivity contribution in [3.8, 4) is 6.01 Å². The standard InChI is InChI=1S/C12H19ClN2O/c1-4-5-9(2)8-16-12-14-7-11(6-13)10(3)15-12/h7,9H,4-6,8H2,1-3H3. The van der Waals surface area contributed by atoms with E-state index in [1.54, 1.807) is 6.20 Å². The fraction of sp³-hybridized carbons (Fsp3) is 0.667. The Balaban J connectivity index is 2.51. The molecule has 3 nitrogen and oxygen atoms in total. The molecule has 0 saturated heterocycles. The smallest absolute Gasteiger partial charge is 0.316 e. The van der Waals surface area contributed by atoms with Crippen LogP contribution >= 0.6 is 11.6 Å². The Kier molecular flexibility index (Phi) is 5.53. The van der Waals surface area contributed by atoms with Gasteiger partial charge in [-0.25, -0.2) is 9.97 Å². The average Bonchev–Trinajstić information content (AvgIpc) is 2.27. The number of nitrogens with zero attached hydrogens (tertiary/aromatic N) is 2. The zero-order valence-corrected chi connectivity index (χ0v) is 10.9. The minimum Gasteiger partial charge on any atom is -0.463 e. The van der Waals surface area contributed by atoms with E-state index in [0.717, 1.165) is 11.3 Å². The van der Waals surface area contributed by atoms with Gasteiger partial charge in [0.2, 0.25) is 0 Å². The minimum absolute atomic E-state index is 0.443. The molecule has 0 aliphatic rings. The van der Waals surface area contributed by atoms with Crippen LogP contribution in [-0.2, 0) is 5.88 Å². The highest BCUT2D eigenvalue weighted by Crippen LogP contribution is 2.12. The van der Waals surface area contributed by atoms with Gasteiger partial charge in [-0.3, -0.25) is 0 Å². The van der Waals surface area contributed by atoms with Crippen LogP contribution in [0.15, 0.2) is 6.20 Å². The van der Waals surface area contributed by atoms with Crippen LogP contribution in [0.4, 0.5) is 0 Å². The second-order valence-electron chi connectivity index (χ2n) is 4.10. The molecule has 1 rings (SSSR count). The molecular formula is C12H19ClN2O. The van der Waals surface area contributed by atoms with E-state index < -0.39 is 0 Å². The van der Waals surface area contributed by atoms with Crippen LogP contribution in [0.5, 0.6) is 6.01 Å². The Morgan fingerprint density at radius 2 is 2.25 bits per heavy atom. The first-order valence-corrected chi connectivity index (χ1v) is 6.22. The van der Waals surface area contributed by atoms with E-state index in [0.29, 0.717) is 24.4 Å². The quantitative estimate of drug-likeness (QED) is 0.718. The molecule has 1 aromatic rings. The highest BCUT2D eigenvalue weighted by molar-refractivity contribution is 6.17. The van der Waals surface area contributed by atoms with Crippen molar-refractivity contribution in [2.24, 2.45) is 5.92 Å². The van der Waals surface area contributed by atoms with Gasteiger partial charge in [0, 0.05) is 17.5 Å². The lowest BCUT2D eigenvalue weighted by Gasteiger charge is -2.11. The summed E-state index contributed by atoms with van der Waals surface area (Å²) in [5, 5.41) is 0. The topological polar surface area (TPSA) is 35.0 Å². The van der Waals surface area contributed by atoms with Crippen LogP contribution in [-0.4, -0.2) is 16.6 Å². The summed E-state index contributed by atoms with van der Waals surface area (Å²) in [5.74, 6) is 0.986. The third kappa shape index (κ3) is 3.97. The summed E-state index contributed by atoms with van der Waals surface area (Å²) in [4.78, 5) is 8.38. The molecule has 0 aromatic carbocycles. The van der Waals surface area contributed by atoms with E-state index in [1.165, 1.54) is 12.8 Å². The molecule has 0 N–H and O–H groups in total. The van der Waals surface area contributed by atoms with Crippen LogP contribution in [0.25, 0.3) is 0 Å². The van der Waals surface area contributed by atoms with E-state index >= 15 is 0 Å². The van der Waals surface area contributed by atoms with Crippen LogP contribution in [0.3, 0.4) is 0 Å². The Bertz CT molecular complexity index is 331. The first kappa shape index (κ1) is 13.2. The predicted molar refractivity (Wildman–Crippen MR) is 65.9 cm³/mol. The molecular weight excluding hydrogens is 224 g/mol. The maximum atomic E-state index is 5.73. The number of rotatable bonds is 6. The number of hydrogen-bond donors (Lipinski definition) is 0.